The minimum atomic E-state index is -0.264. The van der Waals surface area contributed by atoms with Gasteiger partial charge in [0.15, 0.2) is 0 Å². The highest BCUT2D eigenvalue weighted by atomic mass is 32.1. The molecule has 5 aromatic rings. The molecule has 1 aliphatic heterocycles. The van der Waals surface area contributed by atoms with Gasteiger partial charge in [-0.2, -0.15) is 5.10 Å². The van der Waals surface area contributed by atoms with Crippen LogP contribution in [0.1, 0.15) is 18.2 Å². The van der Waals surface area contributed by atoms with Gasteiger partial charge in [0.2, 0.25) is 0 Å². The zero-order valence-electron chi connectivity index (χ0n) is 18.1. The summed E-state index contributed by atoms with van der Waals surface area (Å²) in [4.78, 5) is 5.48. The normalized spacial score (nSPS) is 13.7. The lowest BCUT2D eigenvalue weighted by atomic mass is 9.98. The second-order valence-corrected chi connectivity index (χ2v) is 8.98. The average molecular weight is 456 g/mol. The molecule has 0 atom stereocenters. The van der Waals surface area contributed by atoms with E-state index in [1.54, 1.807) is 23.6 Å². The number of rotatable bonds is 5. The van der Waals surface area contributed by atoms with Gasteiger partial charge in [-0.1, -0.05) is 30.3 Å². The summed E-state index contributed by atoms with van der Waals surface area (Å²) in [7, 11) is 0. The van der Waals surface area contributed by atoms with Gasteiger partial charge < -0.3 is 5.01 Å². The zero-order chi connectivity index (χ0) is 22.4. The van der Waals surface area contributed by atoms with Crippen molar-refractivity contribution >= 4 is 27.8 Å². The number of hydrogen-bond acceptors (Lipinski definition) is 5. The molecule has 0 fully saturated rings. The summed E-state index contributed by atoms with van der Waals surface area (Å²) < 4.78 is 15.7. The molecule has 1 aliphatic rings. The molecule has 3 heterocycles. The maximum atomic E-state index is 13.8. The Kier molecular flexibility index (Phi) is 4.93. The Labute approximate surface area is 195 Å². The number of anilines is 1. The van der Waals surface area contributed by atoms with Crippen LogP contribution < -0.4 is 5.01 Å². The molecule has 0 spiro atoms. The van der Waals surface area contributed by atoms with E-state index < -0.39 is 0 Å². The van der Waals surface area contributed by atoms with Gasteiger partial charge in [-0.15, -0.1) is 11.3 Å². The van der Waals surface area contributed by atoms with E-state index in [1.165, 1.54) is 44.6 Å². The number of thiazole rings is 1. The molecule has 0 N–H and O–H groups in total. The highest BCUT2D eigenvalue weighted by Gasteiger charge is 2.30. The Morgan fingerprint density at radius 1 is 1.03 bits per heavy atom. The number of hydrazine groups is 1. The molecular weight excluding hydrogens is 433 g/mol. The van der Waals surface area contributed by atoms with Crippen molar-refractivity contribution in [2.75, 3.05) is 11.6 Å². The van der Waals surface area contributed by atoms with Crippen molar-refractivity contribution in [1.82, 2.24) is 19.8 Å². The van der Waals surface area contributed by atoms with E-state index in [0.717, 1.165) is 24.5 Å². The Balaban J connectivity index is 1.41. The number of aromatic nitrogens is 3. The molecular formula is C26H22FN5S. The Bertz CT molecular complexity index is 1440. The summed E-state index contributed by atoms with van der Waals surface area (Å²) in [5.41, 5.74) is 7.42. The van der Waals surface area contributed by atoms with E-state index in [-0.39, 0.29) is 5.82 Å². The van der Waals surface area contributed by atoms with E-state index in [4.69, 9.17) is 0 Å². The molecule has 0 bridgehead atoms. The lowest BCUT2D eigenvalue weighted by molar-refractivity contribution is 0.252. The van der Waals surface area contributed by atoms with E-state index in [2.05, 4.69) is 57.4 Å². The number of fused-ring (bicyclic) bond motifs is 3. The molecule has 0 saturated carbocycles. The third kappa shape index (κ3) is 3.41. The van der Waals surface area contributed by atoms with Crippen LogP contribution in [0, 0.1) is 5.82 Å². The first kappa shape index (κ1) is 20.1. The quantitative estimate of drug-likeness (QED) is 0.324. The Morgan fingerprint density at radius 2 is 1.91 bits per heavy atom. The average Bonchev–Trinajstić information content (AvgIpc) is 3.58. The first-order valence-corrected chi connectivity index (χ1v) is 11.9. The van der Waals surface area contributed by atoms with Crippen molar-refractivity contribution in [3.05, 3.63) is 95.6 Å². The standard InChI is InChI=1S/C26H22FN5S/c1-2-31-26-18(12-24(25-14-28-17-33-25)22-8-3-4-9-23(22)26)15-30(31)16-21-10-11-29-32(21)20-7-5-6-19(27)13-20/h3-14,17H,2,15-16H2,1H3. The first-order chi connectivity index (χ1) is 16.2. The summed E-state index contributed by atoms with van der Waals surface area (Å²) in [6, 6.07) is 19.5. The minimum Gasteiger partial charge on any atom is -0.304 e. The third-order valence-corrected chi connectivity index (χ3v) is 6.97. The van der Waals surface area contributed by atoms with Crippen molar-refractivity contribution in [3.8, 4) is 16.1 Å². The van der Waals surface area contributed by atoms with Crippen LogP contribution in [-0.2, 0) is 13.1 Å². The van der Waals surface area contributed by atoms with Gasteiger partial charge >= 0.3 is 0 Å². The maximum Gasteiger partial charge on any atom is 0.125 e. The minimum absolute atomic E-state index is 0.264. The second kappa shape index (κ2) is 8.10. The van der Waals surface area contributed by atoms with Gasteiger partial charge in [-0.05, 0) is 48.2 Å². The predicted octanol–water partition coefficient (Wildman–Crippen LogP) is 6.05. The van der Waals surface area contributed by atoms with Crippen LogP contribution in [0.4, 0.5) is 10.1 Å². The Morgan fingerprint density at radius 3 is 2.70 bits per heavy atom. The van der Waals surface area contributed by atoms with Crippen molar-refractivity contribution in [2.45, 2.75) is 20.0 Å². The van der Waals surface area contributed by atoms with Crippen LogP contribution in [0.15, 0.2) is 78.6 Å². The molecule has 0 saturated heterocycles. The van der Waals surface area contributed by atoms with Crippen molar-refractivity contribution in [3.63, 3.8) is 0 Å². The number of halogens is 1. The fraction of sp³-hybridized carbons (Fsp3) is 0.154. The van der Waals surface area contributed by atoms with Crippen molar-refractivity contribution in [1.29, 1.82) is 0 Å². The molecule has 0 amide bonds. The van der Waals surface area contributed by atoms with Gasteiger partial charge in [-0.3, -0.25) is 4.98 Å². The van der Waals surface area contributed by atoms with Gasteiger partial charge in [-0.25, -0.2) is 14.1 Å². The van der Waals surface area contributed by atoms with Gasteiger partial charge in [0.1, 0.15) is 5.82 Å². The molecule has 7 heteroatoms. The molecule has 164 valence electrons. The van der Waals surface area contributed by atoms with Gasteiger partial charge in [0, 0.05) is 36.4 Å². The Hall–Kier alpha value is -3.55. The van der Waals surface area contributed by atoms with Crippen LogP contribution in [-0.4, -0.2) is 26.3 Å². The number of hydrogen-bond donors (Lipinski definition) is 0. The van der Waals surface area contributed by atoms with Crippen LogP contribution in [0.3, 0.4) is 0 Å². The number of nitrogens with zero attached hydrogens (tertiary/aromatic N) is 5. The van der Waals surface area contributed by atoms with E-state index in [9.17, 15) is 4.39 Å². The molecule has 6 rings (SSSR count). The van der Waals surface area contributed by atoms with Crippen LogP contribution in [0.5, 0.6) is 0 Å². The summed E-state index contributed by atoms with van der Waals surface area (Å²) >= 11 is 1.67. The zero-order valence-corrected chi connectivity index (χ0v) is 19.0. The molecule has 33 heavy (non-hydrogen) atoms. The lowest BCUT2D eigenvalue weighted by Crippen LogP contribution is -2.37. The summed E-state index contributed by atoms with van der Waals surface area (Å²) in [6.45, 7) is 4.50. The second-order valence-electron chi connectivity index (χ2n) is 8.10. The molecule has 5 nitrogen and oxygen atoms in total. The summed E-state index contributed by atoms with van der Waals surface area (Å²) in [5.74, 6) is -0.264. The van der Waals surface area contributed by atoms with Crippen LogP contribution in [0.25, 0.3) is 26.9 Å². The summed E-state index contributed by atoms with van der Waals surface area (Å²) in [6.07, 6.45) is 3.72. The van der Waals surface area contributed by atoms with E-state index in [0.29, 0.717) is 6.54 Å². The van der Waals surface area contributed by atoms with Crippen molar-refractivity contribution in [2.24, 2.45) is 0 Å². The molecule has 0 radical (unpaired) electrons. The van der Waals surface area contributed by atoms with Gasteiger partial charge in [0.25, 0.3) is 0 Å². The highest BCUT2D eigenvalue weighted by Crippen LogP contribution is 2.43. The number of benzene rings is 3. The SMILES string of the molecule is CCN1c2c(cc(-c3cncs3)c3ccccc23)CN1Cc1ccnn1-c1cccc(F)c1. The highest BCUT2D eigenvalue weighted by molar-refractivity contribution is 7.13. The summed E-state index contributed by atoms with van der Waals surface area (Å²) in [5, 5.41) is 11.7. The van der Waals surface area contributed by atoms with E-state index >= 15 is 0 Å². The monoisotopic (exact) mass is 455 g/mol. The predicted molar refractivity (Wildman–Crippen MR) is 131 cm³/mol. The molecule has 3 aromatic carbocycles. The van der Waals surface area contributed by atoms with E-state index in [1.807, 2.05) is 28.5 Å². The molecule has 0 aliphatic carbocycles. The fourth-order valence-corrected chi connectivity index (χ4v) is 5.45. The first-order valence-electron chi connectivity index (χ1n) is 11.0. The topological polar surface area (TPSA) is 37.2 Å². The van der Waals surface area contributed by atoms with Crippen LogP contribution >= 0.6 is 11.3 Å². The largest absolute Gasteiger partial charge is 0.304 e. The lowest BCUT2D eigenvalue weighted by Gasteiger charge is -2.30. The fourth-order valence-electron chi connectivity index (χ4n) is 4.80. The van der Waals surface area contributed by atoms with Crippen molar-refractivity contribution < 1.29 is 4.39 Å². The molecule has 2 aromatic heterocycles. The van der Waals surface area contributed by atoms with Gasteiger partial charge in [0.05, 0.1) is 34.0 Å². The smallest absolute Gasteiger partial charge is 0.125 e. The van der Waals surface area contributed by atoms with Crippen LogP contribution in [0.2, 0.25) is 0 Å². The third-order valence-electron chi connectivity index (χ3n) is 6.16. The maximum absolute atomic E-state index is 13.8. The molecule has 0 unspecified atom stereocenters.